The van der Waals surface area contributed by atoms with Crippen LogP contribution < -0.4 is 5.32 Å². The predicted molar refractivity (Wildman–Crippen MR) is 94.8 cm³/mol. The van der Waals surface area contributed by atoms with E-state index in [0.29, 0.717) is 27.4 Å². The maximum Gasteiger partial charge on any atom is 0.257 e. The van der Waals surface area contributed by atoms with Crippen LogP contribution in [0.3, 0.4) is 0 Å². The number of anilines is 1. The van der Waals surface area contributed by atoms with Crippen LogP contribution in [-0.4, -0.2) is 15.7 Å². The third-order valence-corrected chi connectivity index (χ3v) is 4.25. The minimum Gasteiger partial charge on any atom is -0.307 e. The Balaban J connectivity index is 1.79. The van der Waals surface area contributed by atoms with Gasteiger partial charge in [-0.2, -0.15) is 5.10 Å². The van der Waals surface area contributed by atoms with Crippen LogP contribution in [0.1, 0.15) is 15.9 Å². The predicted octanol–water partition coefficient (Wildman–Crippen LogP) is 4.74. The summed E-state index contributed by atoms with van der Waals surface area (Å²) in [4.78, 5) is 12.4. The summed E-state index contributed by atoms with van der Waals surface area (Å²) >= 11 is 9.18. The molecule has 0 aliphatic heterocycles. The van der Waals surface area contributed by atoms with Gasteiger partial charge in [-0.1, -0.05) is 23.7 Å². The standard InChI is InChI=1S/C17H12BrClFN3O/c18-15-9-13(20)4-5-14(15)17(24)22-16-6-7-21-23(16)10-11-2-1-3-12(19)8-11/h1-9H,10H2,(H,22,24). The summed E-state index contributed by atoms with van der Waals surface area (Å²) < 4.78 is 15.2. The molecule has 0 fully saturated rings. The first-order chi connectivity index (χ1) is 11.5. The monoisotopic (exact) mass is 407 g/mol. The Bertz CT molecular complexity index is 897. The molecule has 0 aliphatic carbocycles. The molecule has 2 aromatic carbocycles. The zero-order valence-electron chi connectivity index (χ0n) is 12.3. The number of amides is 1. The highest BCUT2D eigenvalue weighted by molar-refractivity contribution is 9.10. The molecule has 122 valence electrons. The molecule has 0 saturated heterocycles. The summed E-state index contributed by atoms with van der Waals surface area (Å²) in [6.07, 6.45) is 1.60. The number of nitrogens with one attached hydrogen (secondary N) is 1. The number of benzene rings is 2. The molecule has 0 bridgehead atoms. The van der Waals surface area contributed by atoms with Crippen LogP contribution in [0.4, 0.5) is 10.2 Å². The van der Waals surface area contributed by atoms with Gasteiger partial charge in [0.15, 0.2) is 0 Å². The first kappa shape index (κ1) is 16.7. The van der Waals surface area contributed by atoms with Gasteiger partial charge >= 0.3 is 0 Å². The lowest BCUT2D eigenvalue weighted by Gasteiger charge is -2.10. The fraction of sp³-hybridized carbons (Fsp3) is 0.0588. The molecule has 0 radical (unpaired) electrons. The molecule has 3 rings (SSSR count). The molecule has 1 N–H and O–H groups in total. The number of carbonyl (C=O) groups excluding carboxylic acids is 1. The highest BCUT2D eigenvalue weighted by atomic mass is 79.9. The molecule has 1 heterocycles. The Morgan fingerprint density at radius 1 is 1.25 bits per heavy atom. The van der Waals surface area contributed by atoms with E-state index in [0.717, 1.165) is 5.56 Å². The van der Waals surface area contributed by atoms with Crippen molar-refractivity contribution in [2.45, 2.75) is 6.54 Å². The number of halogens is 3. The highest BCUT2D eigenvalue weighted by Gasteiger charge is 2.13. The van der Waals surface area contributed by atoms with Gasteiger partial charge in [-0.3, -0.25) is 4.79 Å². The van der Waals surface area contributed by atoms with Gasteiger partial charge in [0.1, 0.15) is 11.6 Å². The Labute approximate surface area is 151 Å². The van der Waals surface area contributed by atoms with E-state index < -0.39 is 5.82 Å². The lowest BCUT2D eigenvalue weighted by molar-refractivity contribution is 0.102. The van der Waals surface area contributed by atoms with E-state index in [-0.39, 0.29) is 5.91 Å². The van der Waals surface area contributed by atoms with Gasteiger partial charge in [0.2, 0.25) is 0 Å². The molecule has 7 heteroatoms. The summed E-state index contributed by atoms with van der Waals surface area (Å²) in [6, 6.07) is 13.0. The first-order valence-electron chi connectivity index (χ1n) is 7.05. The molecule has 1 amide bonds. The molecule has 0 unspecified atom stereocenters. The zero-order valence-corrected chi connectivity index (χ0v) is 14.7. The second-order valence-electron chi connectivity index (χ2n) is 5.08. The summed E-state index contributed by atoms with van der Waals surface area (Å²) in [5.41, 5.74) is 1.30. The number of hydrogen-bond acceptors (Lipinski definition) is 2. The largest absolute Gasteiger partial charge is 0.307 e. The number of aromatic nitrogens is 2. The van der Waals surface area contributed by atoms with Crippen molar-refractivity contribution in [3.63, 3.8) is 0 Å². The van der Waals surface area contributed by atoms with Crippen LogP contribution in [0.5, 0.6) is 0 Å². The Morgan fingerprint density at radius 2 is 2.08 bits per heavy atom. The number of carbonyl (C=O) groups is 1. The summed E-state index contributed by atoms with van der Waals surface area (Å²) in [7, 11) is 0. The topological polar surface area (TPSA) is 46.9 Å². The second-order valence-corrected chi connectivity index (χ2v) is 6.37. The molecule has 1 aromatic heterocycles. The highest BCUT2D eigenvalue weighted by Crippen LogP contribution is 2.20. The van der Waals surface area contributed by atoms with Gasteiger partial charge < -0.3 is 5.32 Å². The summed E-state index contributed by atoms with van der Waals surface area (Å²) in [5.74, 6) is -0.227. The smallest absolute Gasteiger partial charge is 0.257 e. The maximum atomic E-state index is 13.1. The Hall–Kier alpha value is -2.18. The molecule has 4 nitrogen and oxygen atoms in total. The lowest BCUT2D eigenvalue weighted by atomic mass is 10.2. The van der Waals surface area contributed by atoms with Crippen LogP contribution in [0.25, 0.3) is 0 Å². The minimum atomic E-state index is -0.413. The second kappa shape index (κ2) is 7.15. The van der Waals surface area contributed by atoms with E-state index >= 15 is 0 Å². The average Bonchev–Trinajstić information content (AvgIpc) is 2.94. The number of rotatable bonds is 4. The van der Waals surface area contributed by atoms with Crippen molar-refractivity contribution in [1.29, 1.82) is 0 Å². The van der Waals surface area contributed by atoms with Gasteiger partial charge in [0.25, 0.3) is 5.91 Å². The van der Waals surface area contributed by atoms with E-state index in [1.54, 1.807) is 23.0 Å². The van der Waals surface area contributed by atoms with Gasteiger partial charge in [-0.05, 0) is 51.8 Å². The molecule has 0 aliphatic rings. The minimum absolute atomic E-state index is 0.340. The van der Waals surface area contributed by atoms with E-state index in [9.17, 15) is 9.18 Å². The van der Waals surface area contributed by atoms with Crippen molar-refractivity contribution in [1.82, 2.24) is 9.78 Å². The Kier molecular flexibility index (Phi) is 4.97. The van der Waals surface area contributed by atoms with Gasteiger partial charge in [-0.25, -0.2) is 9.07 Å². The molecule has 0 saturated carbocycles. The third-order valence-electron chi connectivity index (χ3n) is 3.36. The van der Waals surface area contributed by atoms with Crippen molar-refractivity contribution in [3.8, 4) is 0 Å². The third kappa shape index (κ3) is 3.83. The molecular weight excluding hydrogens is 397 g/mol. The van der Waals surface area contributed by atoms with Gasteiger partial charge in [0.05, 0.1) is 18.3 Å². The molecule has 24 heavy (non-hydrogen) atoms. The molecule has 3 aromatic rings. The maximum absolute atomic E-state index is 13.1. The lowest BCUT2D eigenvalue weighted by Crippen LogP contribution is -2.16. The van der Waals surface area contributed by atoms with Crippen molar-refractivity contribution < 1.29 is 9.18 Å². The summed E-state index contributed by atoms with van der Waals surface area (Å²) in [6.45, 7) is 0.466. The van der Waals surface area contributed by atoms with Crippen molar-refractivity contribution in [3.05, 3.63) is 81.2 Å². The van der Waals surface area contributed by atoms with E-state index in [1.165, 1.54) is 18.2 Å². The van der Waals surface area contributed by atoms with Crippen LogP contribution in [-0.2, 0) is 6.54 Å². The zero-order chi connectivity index (χ0) is 17.1. The van der Waals surface area contributed by atoms with Crippen LogP contribution >= 0.6 is 27.5 Å². The van der Waals surface area contributed by atoms with E-state index in [4.69, 9.17) is 11.6 Å². The van der Waals surface area contributed by atoms with Gasteiger partial charge in [0, 0.05) is 15.6 Å². The normalized spacial score (nSPS) is 10.6. The number of nitrogens with zero attached hydrogens (tertiary/aromatic N) is 2. The molecule has 0 atom stereocenters. The molecular formula is C17H12BrClFN3O. The van der Waals surface area contributed by atoms with E-state index in [2.05, 4.69) is 26.3 Å². The SMILES string of the molecule is O=C(Nc1ccnn1Cc1cccc(Cl)c1)c1ccc(F)cc1Br. The Morgan fingerprint density at radius 3 is 2.83 bits per heavy atom. The quantitative estimate of drug-likeness (QED) is 0.678. The van der Waals surface area contributed by atoms with E-state index in [1.807, 2.05) is 18.2 Å². The summed E-state index contributed by atoms with van der Waals surface area (Å²) in [5, 5.41) is 7.63. The fourth-order valence-electron chi connectivity index (χ4n) is 2.23. The van der Waals surface area contributed by atoms with Crippen LogP contribution in [0, 0.1) is 5.82 Å². The van der Waals surface area contributed by atoms with Crippen LogP contribution in [0.2, 0.25) is 5.02 Å². The average molecular weight is 409 g/mol. The van der Waals surface area contributed by atoms with Gasteiger partial charge in [-0.15, -0.1) is 0 Å². The van der Waals surface area contributed by atoms with Crippen LogP contribution in [0.15, 0.2) is 59.2 Å². The van der Waals surface area contributed by atoms with Crippen molar-refractivity contribution in [2.75, 3.05) is 5.32 Å². The fourth-order valence-corrected chi connectivity index (χ4v) is 2.97. The van der Waals surface area contributed by atoms with Crippen molar-refractivity contribution >= 4 is 39.3 Å². The first-order valence-corrected chi connectivity index (χ1v) is 8.23. The number of hydrogen-bond donors (Lipinski definition) is 1. The molecule has 0 spiro atoms. The van der Waals surface area contributed by atoms with Crippen molar-refractivity contribution in [2.24, 2.45) is 0 Å².